The van der Waals surface area contributed by atoms with Crippen LogP contribution in [0.2, 0.25) is 0 Å². The van der Waals surface area contributed by atoms with Crippen LogP contribution in [0.4, 0.5) is 10.1 Å². The van der Waals surface area contributed by atoms with Gasteiger partial charge in [0.15, 0.2) is 14.9 Å². The molecule has 1 aromatic carbocycles. The molecule has 0 heterocycles. The quantitative estimate of drug-likeness (QED) is 0.514. The van der Waals surface area contributed by atoms with Crippen LogP contribution in [0.1, 0.15) is 5.56 Å². The highest BCUT2D eigenvalue weighted by Gasteiger charge is 2.21. The number of anilines is 1. The highest BCUT2D eigenvalue weighted by Crippen LogP contribution is 2.19. The maximum absolute atomic E-state index is 13.4. The van der Waals surface area contributed by atoms with Gasteiger partial charge in [-0.1, -0.05) is 6.07 Å². The molecule has 19 heavy (non-hydrogen) atoms. The normalized spacial score (nSPS) is 12.1. The molecule has 0 aliphatic rings. The highest BCUT2D eigenvalue weighted by atomic mass is 32.3. The minimum atomic E-state index is -4.22. The van der Waals surface area contributed by atoms with Gasteiger partial charge in [-0.05, 0) is 12.1 Å². The van der Waals surface area contributed by atoms with E-state index < -0.39 is 42.2 Å². The number of nitrogens with one attached hydrogen (secondary N) is 2. The first-order valence-corrected chi connectivity index (χ1v) is 8.54. The molecule has 7 nitrogen and oxygen atoms in total. The molecule has 1 rings (SSSR count). The molecule has 0 bridgehead atoms. The van der Waals surface area contributed by atoms with Gasteiger partial charge in [-0.2, -0.15) is 0 Å². The Balaban J connectivity index is 3.21. The zero-order chi connectivity index (χ0) is 14.8. The van der Waals surface area contributed by atoms with E-state index in [1.54, 1.807) is 0 Å². The molecule has 0 atom stereocenters. The van der Waals surface area contributed by atoms with Crippen LogP contribution in [0.25, 0.3) is 0 Å². The summed E-state index contributed by atoms with van der Waals surface area (Å²) in [5.74, 6) is -1.55. The van der Waals surface area contributed by atoms with Crippen molar-refractivity contribution in [3.05, 3.63) is 29.6 Å². The van der Waals surface area contributed by atoms with Crippen molar-refractivity contribution in [1.29, 1.82) is 5.41 Å². The summed E-state index contributed by atoms with van der Waals surface area (Å²) in [4.78, 5) is 0. The average Bonchev–Trinajstić information content (AvgIpc) is 2.11. The van der Waals surface area contributed by atoms with Crippen molar-refractivity contribution in [1.82, 2.24) is 0 Å². The first-order valence-electron chi connectivity index (χ1n) is 4.83. The number of nitrogen functional groups attached to an aromatic ring is 1. The van der Waals surface area contributed by atoms with Crippen molar-refractivity contribution in [3.8, 4) is 0 Å². The van der Waals surface area contributed by atoms with Gasteiger partial charge in [0, 0.05) is 6.26 Å². The number of nitrogens with two attached hydrogens (primary N) is 1. The predicted octanol–water partition coefficient (Wildman–Crippen LogP) is -0.146. The van der Waals surface area contributed by atoms with Crippen molar-refractivity contribution >= 4 is 31.4 Å². The molecular weight excluding hydrogens is 297 g/mol. The van der Waals surface area contributed by atoms with Gasteiger partial charge in [-0.3, -0.25) is 10.1 Å². The van der Waals surface area contributed by atoms with Gasteiger partial charge < -0.3 is 5.73 Å². The second kappa shape index (κ2) is 5.13. The molecule has 0 fully saturated rings. The molecule has 0 aliphatic carbocycles. The number of halogens is 1. The van der Waals surface area contributed by atoms with Gasteiger partial charge in [-0.25, -0.2) is 21.2 Å². The molecule has 4 N–H and O–H groups in total. The summed E-state index contributed by atoms with van der Waals surface area (Å²) in [5.41, 5.74) is 4.44. The van der Waals surface area contributed by atoms with Crippen LogP contribution in [0, 0.1) is 11.2 Å². The fourth-order valence-corrected chi connectivity index (χ4v) is 4.36. The van der Waals surface area contributed by atoms with Crippen LogP contribution in [0.15, 0.2) is 18.2 Å². The molecule has 0 unspecified atom stereocenters. The monoisotopic (exact) mass is 309 g/mol. The second-order valence-corrected chi connectivity index (χ2v) is 8.06. The number of rotatable bonds is 5. The summed E-state index contributed by atoms with van der Waals surface area (Å²) in [7, 11) is -8.00. The average molecular weight is 309 g/mol. The van der Waals surface area contributed by atoms with E-state index >= 15 is 0 Å². The number of amidine groups is 1. The Bertz CT molecular complexity index is 713. The molecule has 0 amide bonds. The van der Waals surface area contributed by atoms with E-state index in [-0.39, 0.29) is 5.69 Å². The molecule has 0 aromatic heterocycles. The number of hydrogen-bond donors (Lipinski definition) is 3. The number of benzene rings is 1. The second-order valence-electron chi connectivity index (χ2n) is 3.84. The molecule has 0 saturated heterocycles. The molecule has 0 saturated carbocycles. The topological polar surface area (TPSA) is 130 Å². The van der Waals surface area contributed by atoms with Gasteiger partial charge in [0.2, 0.25) is 10.0 Å². The first kappa shape index (κ1) is 15.4. The van der Waals surface area contributed by atoms with Gasteiger partial charge in [0.25, 0.3) is 0 Å². The fourth-order valence-electron chi connectivity index (χ4n) is 1.36. The summed E-state index contributed by atoms with van der Waals surface area (Å²) < 4.78 is 60.4. The van der Waals surface area contributed by atoms with Crippen molar-refractivity contribution in [3.63, 3.8) is 0 Å². The van der Waals surface area contributed by atoms with Gasteiger partial charge in [0.1, 0.15) is 11.7 Å². The Kier molecular flexibility index (Phi) is 4.15. The summed E-state index contributed by atoms with van der Waals surface area (Å²) >= 11 is 0. The van der Waals surface area contributed by atoms with Crippen LogP contribution >= 0.6 is 0 Å². The molecule has 106 valence electrons. The Hall–Kier alpha value is -1.68. The Labute approximate surface area is 110 Å². The van der Waals surface area contributed by atoms with E-state index in [0.29, 0.717) is 0 Å². The lowest BCUT2D eigenvalue weighted by atomic mass is 10.1. The SMILES string of the molecule is CS(=O)(=O)CS(=O)(=O)Nc1cccc(F)c1C(=N)N. The third-order valence-electron chi connectivity index (χ3n) is 1.92. The molecule has 1 aromatic rings. The summed E-state index contributed by atoms with van der Waals surface area (Å²) in [6.45, 7) is 0. The van der Waals surface area contributed by atoms with E-state index in [9.17, 15) is 21.2 Å². The number of sulfone groups is 1. The van der Waals surface area contributed by atoms with Crippen LogP contribution in [-0.2, 0) is 19.9 Å². The van der Waals surface area contributed by atoms with Crippen LogP contribution in [0.3, 0.4) is 0 Å². The Morgan fingerprint density at radius 3 is 2.42 bits per heavy atom. The van der Waals surface area contributed by atoms with E-state index in [1.807, 2.05) is 4.72 Å². The van der Waals surface area contributed by atoms with E-state index in [1.165, 1.54) is 12.1 Å². The van der Waals surface area contributed by atoms with Crippen LogP contribution in [-0.4, -0.2) is 34.0 Å². The zero-order valence-electron chi connectivity index (χ0n) is 9.84. The van der Waals surface area contributed by atoms with Crippen LogP contribution in [0.5, 0.6) is 0 Å². The minimum absolute atomic E-state index is 0.281. The third-order valence-corrected chi connectivity index (χ3v) is 5.40. The maximum Gasteiger partial charge on any atom is 0.247 e. The highest BCUT2D eigenvalue weighted by molar-refractivity contribution is 8.08. The van der Waals surface area contributed by atoms with Gasteiger partial charge in [0.05, 0.1) is 11.3 Å². The smallest absolute Gasteiger partial charge is 0.247 e. The largest absolute Gasteiger partial charge is 0.384 e. The van der Waals surface area contributed by atoms with E-state index in [4.69, 9.17) is 11.1 Å². The lowest BCUT2D eigenvalue weighted by Crippen LogP contribution is -2.24. The predicted molar refractivity (Wildman–Crippen MR) is 69.7 cm³/mol. The Morgan fingerprint density at radius 1 is 1.37 bits per heavy atom. The lowest BCUT2D eigenvalue weighted by molar-refractivity contribution is 0.595. The van der Waals surface area contributed by atoms with Crippen molar-refractivity contribution < 1.29 is 21.2 Å². The lowest BCUT2D eigenvalue weighted by Gasteiger charge is -2.11. The van der Waals surface area contributed by atoms with E-state index in [2.05, 4.69) is 0 Å². The summed E-state index contributed by atoms with van der Waals surface area (Å²) in [6, 6.07) is 3.39. The summed E-state index contributed by atoms with van der Waals surface area (Å²) in [5, 5.41) is 6.04. The Morgan fingerprint density at radius 2 is 1.95 bits per heavy atom. The van der Waals surface area contributed by atoms with Crippen LogP contribution < -0.4 is 10.5 Å². The van der Waals surface area contributed by atoms with E-state index in [0.717, 1.165) is 12.3 Å². The summed E-state index contributed by atoms with van der Waals surface area (Å²) in [6.07, 6.45) is 0.754. The first-order chi connectivity index (χ1) is 8.52. The molecule has 0 radical (unpaired) electrons. The number of hydrogen-bond acceptors (Lipinski definition) is 5. The fraction of sp³-hybridized carbons (Fsp3) is 0.222. The molecular formula is C9H12FN3O4S2. The number of sulfonamides is 1. The van der Waals surface area contributed by atoms with Gasteiger partial charge in [-0.15, -0.1) is 0 Å². The van der Waals surface area contributed by atoms with Crippen molar-refractivity contribution in [2.45, 2.75) is 0 Å². The standard InChI is InChI=1S/C9H12FN3O4S2/c1-18(14,15)5-19(16,17)13-7-4-2-3-6(10)8(7)9(11)12/h2-4,13H,5H2,1H3,(H3,11,12). The molecule has 0 spiro atoms. The maximum atomic E-state index is 13.4. The van der Waals surface area contributed by atoms with Gasteiger partial charge >= 0.3 is 0 Å². The van der Waals surface area contributed by atoms with Crippen molar-refractivity contribution in [2.24, 2.45) is 5.73 Å². The molecule has 0 aliphatic heterocycles. The zero-order valence-corrected chi connectivity index (χ0v) is 11.5. The minimum Gasteiger partial charge on any atom is -0.384 e. The third kappa shape index (κ3) is 4.48. The molecule has 10 heteroatoms. The van der Waals surface area contributed by atoms with Crippen molar-refractivity contribution in [2.75, 3.05) is 16.1 Å².